The van der Waals surface area contributed by atoms with Crippen molar-refractivity contribution in [2.24, 2.45) is 11.8 Å². The number of carbonyl (C=O) groups excluding carboxylic acids is 1. The minimum atomic E-state index is -1.77. The molecule has 14 nitrogen and oxygen atoms in total. The van der Waals surface area contributed by atoms with Gasteiger partial charge in [-0.2, -0.15) is 0 Å². The van der Waals surface area contributed by atoms with Crippen molar-refractivity contribution < 1.29 is 69.3 Å². The Morgan fingerprint density at radius 3 is 2.00 bits per heavy atom. The third-order valence-electron chi connectivity index (χ3n) is 7.10. The van der Waals surface area contributed by atoms with Crippen LogP contribution in [0.25, 0.3) is 0 Å². The second-order valence-electron chi connectivity index (χ2n) is 9.33. The lowest BCUT2D eigenvalue weighted by Gasteiger charge is -2.43. The summed E-state index contributed by atoms with van der Waals surface area (Å²) < 4.78 is 27.2. The highest BCUT2D eigenvalue weighted by Gasteiger charge is 2.50. The summed E-state index contributed by atoms with van der Waals surface area (Å²) in [4.78, 5) is 13.0. The zero-order valence-corrected chi connectivity index (χ0v) is 19.3. The first-order valence-corrected chi connectivity index (χ1v) is 11.6. The van der Waals surface area contributed by atoms with Crippen LogP contribution in [-0.2, 0) is 28.5 Å². The van der Waals surface area contributed by atoms with Crippen molar-refractivity contribution in [2.45, 2.75) is 81.0 Å². The van der Waals surface area contributed by atoms with Crippen LogP contribution in [0.2, 0.25) is 0 Å². The highest BCUT2D eigenvalue weighted by atomic mass is 16.8. The lowest BCUT2D eigenvalue weighted by molar-refractivity contribution is -0.339. The average molecular weight is 520 g/mol. The Morgan fingerprint density at radius 1 is 0.861 bits per heavy atom. The summed E-state index contributed by atoms with van der Waals surface area (Å²) in [5, 5.41) is 79.0. The molecule has 0 aromatic rings. The molecule has 2 fully saturated rings. The summed E-state index contributed by atoms with van der Waals surface area (Å²) >= 11 is 0. The van der Waals surface area contributed by atoms with E-state index < -0.39 is 98.7 Å². The molecule has 4 aliphatic rings. The maximum Gasteiger partial charge on any atom is 0.339 e. The quantitative estimate of drug-likeness (QED) is 0.123. The smallest absolute Gasteiger partial charge is 0.339 e. The summed E-state index contributed by atoms with van der Waals surface area (Å²) in [5.74, 6) is -1.98. The van der Waals surface area contributed by atoms with Crippen LogP contribution in [0, 0.1) is 11.8 Å². The van der Waals surface area contributed by atoms with Gasteiger partial charge in [-0.15, -0.1) is 0 Å². The molecule has 13 atom stereocenters. The predicted molar refractivity (Wildman–Crippen MR) is 113 cm³/mol. The summed E-state index contributed by atoms with van der Waals surface area (Å²) in [6, 6.07) is 0. The summed E-state index contributed by atoms with van der Waals surface area (Å²) in [6.07, 6.45) is -13.2. The van der Waals surface area contributed by atoms with E-state index >= 15 is 0 Å². The molecule has 4 rings (SSSR count). The van der Waals surface area contributed by atoms with Crippen LogP contribution in [0.1, 0.15) is 13.3 Å². The van der Waals surface area contributed by atoms with Crippen LogP contribution in [0.15, 0.2) is 23.5 Å². The van der Waals surface area contributed by atoms with E-state index in [-0.39, 0.29) is 5.57 Å². The van der Waals surface area contributed by atoms with E-state index in [1.165, 1.54) is 0 Å². The zero-order chi connectivity index (χ0) is 26.3. The number of ether oxygens (including phenoxy) is 5. The van der Waals surface area contributed by atoms with Crippen molar-refractivity contribution in [1.29, 1.82) is 0 Å². The second-order valence-corrected chi connectivity index (χ2v) is 9.33. The van der Waals surface area contributed by atoms with Crippen LogP contribution in [0.3, 0.4) is 0 Å². The van der Waals surface area contributed by atoms with E-state index in [1.54, 1.807) is 6.92 Å². The van der Waals surface area contributed by atoms with Crippen LogP contribution >= 0.6 is 0 Å². The van der Waals surface area contributed by atoms with Crippen LogP contribution in [0.4, 0.5) is 0 Å². The first-order valence-electron chi connectivity index (χ1n) is 11.6. The van der Waals surface area contributed by atoms with Gasteiger partial charge >= 0.3 is 5.97 Å². The molecular formula is C22H32O14. The van der Waals surface area contributed by atoms with Crippen LogP contribution in [-0.4, -0.2) is 128 Å². The van der Waals surface area contributed by atoms with E-state index in [0.717, 1.165) is 11.8 Å². The molecular weight excluding hydrogens is 488 g/mol. The Labute approximate surface area is 205 Å². The fourth-order valence-electron chi connectivity index (χ4n) is 4.92. The van der Waals surface area contributed by atoms with Crippen molar-refractivity contribution in [3.63, 3.8) is 0 Å². The Balaban J connectivity index is 1.47. The molecule has 0 aromatic carbocycles. The molecule has 204 valence electrons. The lowest BCUT2D eigenvalue weighted by atomic mass is 9.83. The van der Waals surface area contributed by atoms with Gasteiger partial charge in [-0.05, 0) is 13.3 Å². The molecule has 0 saturated carbocycles. The van der Waals surface area contributed by atoms with Gasteiger partial charge in [-0.1, -0.05) is 11.6 Å². The van der Waals surface area contributed by atoms with Crippen LogP contribution in [0.5, 0.6) is 0 Å². The summed E-state index contributed by atoms with van der Waals surface area (Å²) in [5.41, 5.74) is 0.861. The highest BCUT2D eigenvalue weighted by molar-refractivity contribution is 5.89. The van der Waals surface area contributed by atoms with Gasteiger partial charge < -0.3 is 64.5 Å². The van der Waals surface area contributed by atoms with Gasteiger partial charge in [0.25, 0.3) is 0 Å². The first-order chi connectivity index (χ1) is 17.1. The standard InChI is InChI=1S/C22H32O14/c1-7-2-3-8-9(19(31)35-21-17(29)15(27)13(25)10(4-23)33-21)6-32-20(12(7)8)36-22-18(30)16(28)14(26)11(5-24)34-22/h2,6,8,10-18,20-30H,3-5H2,1H3. The number of aliphatic hydroxyl groups excluding tert-OH is 8. The maximum atomic E-state index is 13.0. The Hall–Kier alpha value is -1.69. The van der Waals surface area contributed by atoms with Crippen molar-refractivity contribution >= 4 is 5.97 Å². The fourth-order valence-corrected chi connectivity index (χ4v) is 4.92. The molecule has 1 aliphatic carbocycles. The molecule has 0 radical (unpaired) electrons. The van der Waals surface area contributed by atoms with Gasteiger partial charge in [-0.25, -0.2) is 4.79 Å². The molecule has 3 aliphatic heterocycles. The first kappa shape index (κ1) is 27.3. The molecule has 0 amide bonds. The zero-order valence-electron chi connectivity index (χ0n) is 19.3. The molecule has 0 spiro atoms. The average Bonchev–Trinajstić information content (AvgIpc) is 3.26. The van der Waals surface area contributed by atoms with E-state index in [0.29, 0.717) is 6.42 Å². The number of hydrogen-bond acceptors (Lipinski definition) is 14. The minimum Gasteiger partial charge on any atom is -0.471 e. The topological polar surface area (TPSA) is 225 Å². The number of esters is 1. The molecule has 8 N–H and O–H groups in total. The maximum absolute atomic E-state index is 13.0. The number of rotatable bonds is 6. The van der Waals surface area contributed by atoms with E-state index in [2.05, 4.69) is 0 Å². The van der Waals surface area contributed by atoms with Crippen molar-refractivity contribution in [1.82, 2.24) is 0 Å². The molecule has 0 bridgehead atoms. The number of carbonyl (C=O) groups is 1. The largest absolute Gasteiger partial charge is 0.471 e. The number of hydrogen-bond donors (Lipinski definition) is 8. The van der Waals surface area contributed by atoms with Crippen molar-refractivity contribution in [3.8, 4) is 0 Å². The van der Waals surface area contributed by atoms with Gasteiger partial charge in [0.15, 0.2) is 6.29 Å². The monoisotopic (exact) mass is 520 g/mol. The Morgan fingerprint density at radius 2 is 1.42 bits per heavy atom. The SMILES string of the molecule is CC1=CCC2C(C(=O)OC3OC(CO)C(O)C(O)C3O)=COC(OC3OC(CO)C(O)C(O)C3O)C12. The molecule has 36 heavy (non-hydrogen) atoms. The Bertz CT molecular complexity index is 858. The normalized spacial score (nSPS) is 46.9. The second kappa shape index (κ2) is 11.0. The molecule has 0 aromatic heterocycles. The third-order valence-corrected chi connectivity index (χ3v) is 7.10. The van der Waals surface area contributed by atoms with Gasteiger partial charge in [0.1, 0.15) is 48.8 Å². The summed E-state index contributed by atoms with van der Waals surface area (Å²) in [7, 11) is 0. The van der Waals surface area contributed by atoms with E-state index in [1.807, 2.05) is 6.08 Å². The van der Waals surface area contributed by atoms with E-state index in [4.69, 9.17) is 23.7 Å². The summed E-state index contributed by atoms with van der Waals surface area (Å²) in [6.45, 7) is 0.467. The predicted octanol–water partition coefficient (Wildman–Crippen LogP) is -4.03. The fraction of sp³-hybridized carbons (Fsp3) is 0.773. The minimum absolute atomic E-state index is 0.0683. The van der Waals surface area contributed by atoms with Gasteiger partial charge in [0, 0.05) is 11.8 Å². The van der Waals surface area contributed by atoms with Crippen molar-refractivity contribution in [2.75, 3.05) is 13.2 Å². The molecule has 3 heterocycles. The number of fused-ring (bicyclic) bond motifs is 1. The number of aliphatic hydroxyl groups is 8. The molecule has 2 saturated heterocycles. The lowest BCUT2D eigenvalue weighted by Crippen LogP contribution is -2.60. The van der Waals surface area contributed by atoms with Gasteiger partial charge in [-0.3, -0.25) is 0 Å². The van der Waals surface area contributed by atoms with Gasteiger partial charge in [0.05, 0.1) is 25.0 Å². The van der Waals surface area contributed by atoms with Crippen LogP contribution < -0.4 is 0 Å². The highest BCUT2D eigenvalue weighted by Crippen LogP contribution is 2.44. The number of allylic oxidation sites excluding steroid dienone is 1. The van der Waals surface area contributed by atoms with E-state index in [9.17, 15) is 45.6 Å². The third kappa shape index (κ3) is 4.91. The molecule has 14 heteroatoms. The Kier molecular flexibility index (Phi) is 8.33. The molecule has 13 unspecified atom stereocenters. The van der Waals surface area contributed by atoms with Crippen molar-refractivity contribution in [3.05, 3.63) is 23.5 Å². The van der Waals surface area contributed by atoms with Gasteiger partial charge in [0.2, 0.25) is 12.6 Å².